The van der Waals surface area contributed by atoms with Crippen molar-refractivity contribution in [3.05, 3.63) is 46.8 Å². The Morgan fingerprint density at radius 1 is 1.23 bits per heavy atom. The maximum absolute atomic E-state index is 12.5. The molecule has 5 heteroatoms. The molecule has 1 N–H and O–H groups in total. The predicted molar refractivity (Wildman–Crippen MR) is 83.3 cm³/mol. The Labute approximate surface area is 129 Å². The van der Waals surface area contributed by atoms with Crippen LogP contribution in [0, 0.1) is 13.8 Å². The van der Waals surface area contributed by atoms with Gasteiger partial charge in [0.15, 0.2) is 11.5 Å². The average molecular weight is 300 g/mol. The minimum Gasteiger partial charge on any atom is -0.454 e. The molecule has 5 nitrogen and oxygen atoms in total. The summed E-state index contributed by atoms with van der Waals surface area (Å²) in [4.78, 5) is 12.5. The first kappa shape index (κ1) is 14.5. The van der Waals surface area contributed by atoms with Crippen LogP contribution < -0.4 is 14.8 Å². The second-order valence-corrected chi connectivity index (χ2v) is 5.43. The van der Waals surface area contributed by atoms with E-state index in [1.807, 2.05) is 49.6 Å². The van der Waals surface area contributed by atoms with Crippen molar-refractivity contribution >= 4 is 5.91 Å². The van der Waals surface area contributed by atoms with E-state index in [4.69, 9.17) is 9.47 Å². The number of ether oxygens (including phenoxy) is 2. The van der Waals surface area contributed by atoms with E-state index < -0.39 is 0 Å². The largest absolute Gasteiger partial charge is 0.454 e. The van der Waals surface area contributed by atoms with Gasteiger partial charge in [0, 0.05) is 18.8 Å². The third kappa shape index (κ3) is 2.54. The summed E-state index contributed by atoms with van der Waals surface area (Å²) >= 11 is 0. The van der Waals surface area contributed by atoms with E-state index in [1.165, 1.54) is 0 Å². The monoisotopic (exact) mass is 300 g/mol. The first-order chi connectivity index (χ1) is 10.6. The average Bonchev–Trinajstić information content (AvgIpc) is 3.07. The van der Waals surface area contributed by atoms with E-state index >= 15 is 0 Å². The van der Waals surface area contributed by atoms with Crippen LogP contribution in [0.5, 0.6) is 11.5 Å². The van der Waals surface area contributed by atoms with Crippen LogP contribution in [0.1, 0.15) is 34.2 Å². The van der Waals surface area contributed by atoms with Crippen molar-refractivity contribution in [1.29, 1.82) is 0 Å². The van der Waals surface area contributed by atoms with Crippen molar-refractivity contribution in [2.75, 3.05) is 6.79 Å². The molecule has 2 aromatic rings. The molecular formula is C17H20N2O3. The van der Waals surface area contributed by atoms with Crippen molar-refractivity contribution in [3.8, 4) is 11.5 Å². The Morgan fingerprint density at radius 3 is 2.77 bits per heavy atom. The lowest BCUT2D eigenvalue weighted by Gasteiger charge is -2.11. The standard InChI is InChI=1S/C17H20N2O3/c1-4-19-12(3)7-11(2)16(19)17(20)18-9-13-5-6-14-15(8-13)22-10-21-14/h5-8H,4,9-10H2,1-3H3,(H,18,20). The molecule has 2 heterocycles. The number of aromatic nitrogens is 1. The highest BCUT2D eigenvalue weighted by atomic mass is 16.7. The molecule has 0 unspecified atom stereocenters. The summed E-state index contributed by atoms with van der Waals surface area (Å²) in [5.41, 5.74) is 3.83. The Hall–Kier alpha value is -2.43. The van der Waals surface area contributed by atoms with Crippen LogP contribution >= 0.6 is 0 Å². The third-order valence-corrected chi connectivity index (χ3v) is 3.92. The summed E-state index contributed by atoms with van der Waals surface area (Å²) in [5.74, 6) is 1.43. The first-order valence-corrected chi connectivity index (χ1v) is 7.43. The van der Waals surface area contributed by atoms with Gasteiger partial charge in [-0.1, -0.05) is 6.07 Å². The zero-order valence-electron chi connectivity index (χ0n) is 13.1. The minimum atomic E-state index is -0.0508. The highest BCUT2D eigenvalue weighted by Crippen LogP contribution is 2.32. The van der Waals surface area contributed by atoms with Gasteiger partial charge in [-0.15, -0.1) is 0 Å². The smallest absolute Gasteiger partial charge is 0.268 e. The number of amides is 1. The van der Waals surface area contributed by atoms with Crippen LogP contribution in [0.2, 0.25) is 0 Å². The Kier molecular flexibility index (Phi) is 3.79. The Bertz CT molecular complexity index is 719. The van der Waals surface area contributed by atoms with Gasteiger partial charge in [0.2, 0.25) is 6.79 Å². The van der Waals surface area contributed by atoms with Crippen molar-refractivity contribution in [2.24, 2.45) is 0 Å². The molecule has 1 aliphatic rings. The fourth-order valence-corrected chi connectivity index (χ4v) is 2.87. The van der Waals surface area contributed by atoms with Crippen LogP contribution in [0.25, 0.3) is 0 Å². The van der Waals surface area contributed by atoms with Gasteiger partial charge in [-0.25, -0.2) is 0 Å². The second-order valence-electron chi connectivity index (χ2n) is 5.43. The molecule has 0 fully saturated rings. The molecule has 22 heavy (non-hydrogen) atoms. The molecule has 0 saturated heterocycles. The number of aryl methyl sites for hydroxylation is 2. The highest BCUT2D eigenvalue weighted by molar-refractivity contribution is 5.94. The predicted octanol–water partition coefficient (Wildman–Crippen LogP) is 2.78. The zero-order chi connectivity index (χ0) is 15.7. The molecule has 1 aromatic heterocycles. The summed E-state index contributed by atoms with van der Waals surface area (Å²) < 4.78 is 12.7. The molecule has 0 radical (unpaired) electrons. The molecule has 1 aromatic carbocycles. The van der Waals surface area contributed by atoms with Crippen LogP contribution in [0.3, 0.4) is 0 Å². The lowest BCUT2D eigenvalue weighted by molar-refractivity contribution is 0.0940. The minimum absolute atomic E-state index is 0.0508. The third-order valence-electron chi connectivity index (χ3n) is 3.92. The van der Waals surface area contributed by atoms with Crippen LogP contribution in [-0.2, 0) is 13.1 Å². The quantitative estimate of drug-likeness (QED) is 0.944. The SMILES string of the molecule is CCn1c(C)cc(C)c1C(=O)NCc1ccc2c(c1)OCO2. The molecule has 1 aliphatic heterocycles. The number of fused-ring (bicyclic) bond motifs is 1. The van der Waals surface area contributed by atoms with Crippen LogP contribution in [-0.4, -0.2) is 17.3 Å². The number of hydrogen-bond donors (Lipinski definition) is 1. The molecule has 0 bridgehead atoms. The van der Waals surface area contributed by atoms with Gasteiger partial charge in [-0.2, -0.15) is 0 Å². The van der Waals surface area contributed by atoms with Crippen LogP contribution in [0.4, 0.5) is 0 Å². The fraction of sp³-hybridized carbons (Fsp3) is 0.353. The van der Waals surface area contributed by atoms with Crippen molar-refractivity contribution in [3.63, 3.8) is 0 Å². The number of rotatable bonds is 4. The molecule has 0 spiro atoms. The molecule has 3 rings (SSSR count). The van der Waals surface area contributed by atoms with E-state index in [0.29, 0.717) is 6.54 Å². The Balaban J connectivity index is 1.73. The van der Waals surface area contributed by atoms with E-state index in [1.54, 1.807) is 0 Å². The summed E-state index contributed by atoms with van der Waals surface area (Å²) in [6.07, 6.45) is 0. The maximum Gasteiger partial charge on any atom is 0.268 e. The van der Waals surface area contributed by atoms with Gasteiger partial charge in [0.05, 0.1) is 0 Å². The summed E-state index contributed by atoms with van der Waals surface area (Å²) in [6.45, 7) is 7.53. The molecule has 0 atom stereocenters. The lowest BCUT2D eigenvalue weighted by Crippen LogP contribution is -2.26. The Morgan fingerprint density at radius 2 is 2.00 bits per heavy atom. The number of nitrogens with zero attached hydrogens (tertiary/aromatic N) is 1. The lowest BCUT2D eigenvalue weighted by atomic mass is 10.2. The number of benzene rings is 1. The molecular weight excluding hydrogens is 280 g/mol. The summed E-state index contributed by atoms with van der Waals surface area (Å²) in [5, 5.41) is 2.98. The van der Waals surface area contributed by atoms with E-state index in [9.17, 15) is 4.79 Å². The fourth-order valence-electron chi connectivity index (χ4n) is 2.87. The van der Waals surface area contributed by atoms with Gasteiger partial charge in [-0.05, 0) is 50.1 Å². The molecule has 0 saturated carbocycles. The number of nitrogens with one attached hydrogen (secondary N) is 1. The van der Waals surface area contributed by atoms with E-state index in [2.05, 4.69) is 5.32 Å². The van der Waals surface area contributed by atoms with Gasteiger partial charge in [0.1, 0.15) is 5.69 Å². The second kappa shape index (κ2) is 5.75. The van der Waals surface area contributed by atoms with Crippen LogP contribution in [0.15, 0.2) is 24.3 Å². The number of carbonyl (C=O) groups is 1. The highest BCUT2D eigenvalue weighted by Gasteiger charge is 2.17. The van der Waals surface area contributed by atoms with E-state index in [0.717, 1.165) is 40.6 Å². The first-order valence-electron chi connectivity index (χ1n) is 7.43. The topological polar surface area (TPSA) is 52.5 Å². The number of carbonyl (C=O) groups excluding carboxylic acids is 1. The molecule has 116 valence electrons. The summed E-state index contributed by atoms with van der Waals surface area (Å²) in [7, 11) is 0. The maximum atomic E-state index is 12.5. The normalized spacial score (nSPS) is 12.5. The summed E-state index contributed by atoms with van der Waals surface area (Å²) in [6, 6.07) is 7.75. The molecule has 1 amide bonds. The van der Waals surface area contributed by atoms with Gasteiger partial charge < -0.3 is 19.4 Å². The van der Waals surface area contributed by atoms with Gasteiger partial charge >= 0.3 is 0 Å². The van der Waals surface area contributed by atoms with Crippen molar-refractivity contribution in [2.45, 2.75) is 33.9 Å². The van der Waals surface area contributed by atoms with Crippen molar-refractivity contribution < 1.29 is 14.3 Å². The van der Waals surface area contributed by atoms with E-state index in [-0.39, 0.29) is 12.7 Å². The van der Waals surface area contributed by atoms with Crippen molar-refractivity contribution in [1.82, 2.24) is 9.88 Å². The van der Waals surface area contributed by atoms with Gasteiger partial charge in [0.25, 0.3) is 5.91 Å². The van der Waals surface area contributed by atoms with Gasteiger partial charge in [-0.3, -0.25) is 4.79 Å². The zero-order valence-corrected chi connectivity index (χ0v) is 13.1. The number of hydrogen-bond acceptors (Lipinski definition) is 3. The molecule has 0 aliphatic carbocycles.